The van der Waals surface area contributed by atoms with E-state index in [1.54, 1.807) is 6.92 Å². The predicted molar refractivity (Wildman–Crippen MR) is 174 cm³/mol. The van der Waals surface area contributed by atoms with E-state index in [-0.39, 0.29) is 43.0 Å². The third kappa shape index (κ3) is 7.74. The Kier molecular flexibility index (Phi) is 11.1. The number of benzene rings is 3. The number of aliphatic hydroxyl groups is 1. The molecule has 0 fully saturated rings. The van der Waals surface area contributed by atoms with Gasteiger partial charge in [0.2, 0.25) is 0 Å². The number of rotatable bonds is 3. The van der Waals surface area contributed by atoms with Crippen molar-refractivity contribution >= 4 is 27.5 Å². The maximum absolute atomic E-state index is 11.8. The van der Waals surface area contributed by atoms with Crippen molar-refractivity contribution in [3.63, 3.8) is 0 Å². The van der Waals surface area contributed by atoms with E-state index in [1.165, 1.54) is 33.0 Å². The van der Waals surface area contributed by atoms with Gasteiger partial charge in [0, 0.05) is 47.8 Å². The minimum atomic E-state index is -0.427. The van der Waals surface area contributed by atoms with Gasteiger partial charge in [0.15, 0.2) is 5.78 Å². The van der Waals surface area contributed by atoms with E-state index in [9.17, 15) is 9.90 Å². The van der Waals surface area contributed by atoms with Crippen molar-refractivity contribution < 1.29 is 30.0 Å². The topological polar surface area (TPSA) is 63.1 Å². The van der Waals surface area contributed by atoms with Crippen molar-refractivity contribution in [3.05, 3.63) is 81.9 Å². The van der Waals surface area contributed by atoms with Crippen LogP contribution in [0.4, 0.5) is 0 Å². The third-order valence-corrected chi connectivity index (χ3v) is 7.26. The fraction of sp³-hybridized carbons (Fsp3) is 0.432. The average molecular weight is 744 g/mol. The van der Waals surface area contributed by atoms with Crippen molar-refractivity contribution in [2.45, 2.75) is 95.9 Å². The van der Waals surface area contributed by atoms with E-state index in [2.05, 4.69) is 77.9 Å². The number of hydrogen-bond acceptors (Lipinski definition) is 4. The van der Waals surface area contributed by atoms with Crippen LogP contribution in [0.3, 0.4) is 0 Å². The van der Waals surface area contributed by atoms with Gasteiger partial charge in [-0.05, 0) is 42.8 Å². The summed E-state index contributed by atoms with van der Waals surface area (Å²) in [6.07, 6.45) is 0. The molecule has 0 aliphatic rings. The van der Waals surface area contributed by atoms with Crippen LogP contribution >= 0.6 is 0 Å². The van der Waals surface area contributed by atoms with E-state index in [0.29, 0.717) is 5.57 Å². The molecule has 0 aliphatic carbocycles. The molecule has 0 unspecified atom stereocenters. The summed E-state index contributed by atoms with van der Waals surface area (Å²) in [6.45, 7) is 25.8. The summed E-state index contributed by atoms with van der Waals surface area (Å²) in [7, 11) is 0. The zero-order valence-corrected chi connectivity index (χ0v) is 30.0. The number of ketones is 1. The molecule has 0 saturated heterocycles. The van der Waals surface area contributed by atoms with Gasteiger partial charge in [-0.25, -0.2) is 4.98 Å². The molecule has 4 aromatic rings. The van der Waals surface area contributed by atoms with Gasteiger partial charge in [-0.3, -0.25) is 9.78 Å². The van der Waals surface area contributed by atoms with E-state index < -0.39 is 5.41 Å². The zero-order chi connectivity index (χ0) is 31.0. The molecule has 1 radical (unpaired) electrons. The molecule has 3 aromatic carbocycles. The fourth-order valence-electron chi connectivity index (χ4n) is 5.16. The van der Waals surface area contributed by atoms with E-state index >= 15 is 0 Å². The molecule has 1 N–H and O–H groups in total. The maximum atomic E-state index is 11.8. The Morgan fingerprint density at radius 3 is 1.98 bits per heavy atom. The van der Waals surface area contributed by atoms with Crippen LogP contribution in [-0.4, -0.2) is 20.9 Å². The second-order valence-corrected chi connectivity index (χ2v) is 13.8. The van der Waals surface area contributed by atoms with Crippen LogP contribution in [-0.2, 0) is 24.9 Å². The summed E-state index contributed by atoms with van der Waals surface area (Å²) in [5, 5.41) is 13.4. The standard InChI is InChI=1S/C25H25N2.C12H22O2.Ir/c1-14(2)25-26-23(20-9-7-15(3)11-17(20)5)21-10-8-19-13-16(4)12-18(6)22(19)24(21)27-25;1-8(9(13)11(2,3)4)10(14)12(5,6)7;/h7-8,10-14H,1-6H3;13H,1-7H3;/q-1;;/b;9-8-;. The Morgan fingerprint density at radius 1 is 0.857 bits per heavy atom. The molecule has 4 nitrogen and oxygen atoms in total. The molecule has 0 bridgehead atoms. The van der Waals surface area contributed by atoms with Crippen LogP contribution in [0.25, 0.3) is 32.9 Å². The number of fused-ring (bicyclic) bond motifs is 3. The Balaban J connectivity index is 0.000000353. The second kappa shape index (κ2) is 13.2. The van der Waals surface area contributed by atoms with Crippen LogP contribution in [0, 0.1) is 44.6 Å². The summed E-state index contributed by atoms with van der Waals surface area (Å²) in [5.74, 6) is 1.35. The Morgan fingerprint density at radius 2 is 1.45 bits per heavy atom. The van der Waals surface area contributed by atoms with Crippen LogP contribution in [0.1, 0.15) is 96.3 Å². The van der Waals surface area contributed by atoms with Gasteiger partial charge in [-0.2, -0.15) is 0 Å². The number of nitrogens with zero attached hydrogens (tertiary/aromatic N) is 2. The Labute approximate surface area is 266 Å². The van der Waals surface area contributed by atoms with Gasteiger partial charge < -0.3 is 5.11 Å². The second-order valence-electron chi connectivity index (χ2n) is 13.8. The number of Topliss-reactive ketones (excluding diaryl/α,β-unsaturated/α-hetero) is 1. The molecule has 227 valence electrons. The van der Waals surface area contributed by atoms with Gasteiger partial charge in [0.1, 0.15) is 11.6 Å². The number of carbonyl (C=O) groups is 1. The first kappa shape index (κ1) is 35.3. The van der Waals surface area contributed by atoms with Crippen LogP contribution in [0.2, 0.25) is 0 Å². The minimum Gasteiger partial charge on any atom is -0.511 e. The molecule has 1 heterocycles. The van der Waals surface area contributed by atoms with Crippen molar-refractivity contribution in [1.29, 1.82) is 0 Å². The molecule has 42 heavy (non-hydrogen) atoms. The Bertz CT molecular complexity index is 1650. The van der Waals surface area contributed by atoms with Gasteiger partial charge in [0.25, 0.3) is 0 Å². The SMILES string of the molecule is C/C(C(=O)C(C)(C)C)=C(/O)C(C)(C)C.Cc1c[c-]c(-c2nc(C(C)C)nc3c2ccc2cc(C)cc(C)c23)c(C)c1.[Ir]. The predicted octanol–water partition coefficient (Wildman–Crippen LogP) is 10.1. The van der Waals surface area contributed by atoms with Gasteiger partial charge in [-0.15, -0.1) is 34.9 Å². The normalized spacial score (nSPS) is 12.5. The van der Waals surface area contributed by atoms with Crippen molar-refractivity contribution in [3.8, 4) is 11.3 Å². The van der Waals surface area contributed by atoms with Crippen LogP contribution in [0.5, 0.6) is 0 Å². The number of aryl methyl sites for hydroxylation is 4. The smallest absolute Gasteiger partial charge is 0.167 e. The minimum absolute atomic E-state index is 0. The van der Waals surface area contributed by atoms with Crippen LogP contribution < -0.4 is 0 Å². The molecule has 0 amide bonds. The van der Waals surface area contributed by atoms with Crippen molar-refractivity contribution in [2.24, 2.45) is 10.8 Å². The third-order valence-electron chi connectivity index (χ3n) is 7.26. The van der Waals surface area contributed by atoms with Crippen LogP contribution in [0.15, 0.2) is 47.7 Å². The summed E-state index contributed by atoms with van der Waals surface area (Å²) >= 11 is 0. The first-order chi connectivity index (χ1) is 18.8. The van der Waals surface area contributed by atoms with E-state index in [1.807, 2.05) is 47.6 Å². The summed E-state index contributed by atoms with van der Waals surface area (Å²) in [5.41, 5.74) is 7.76. The molecule has 1 aromatic heterocycles. The van der Waals surface area contributed by atoms with E-state index in [4.69, 9.17) is 9.97 Å². The summed E-state index contributed by atoms with van der Waals surface area (Å²) in [6, 6.07) is 16.5. The van der Waals surface area contributed by atoms with Crippen molar-refractivity contribution in [2.75, 3.05) is 0 Å². The number of carbonyl (C=O) groups excluding carboxylic acids is 1. The molecule has 4 rings (SSSR count). The monoisotopic (exact) mass is 744 g/mol. The average Bonchev–Trinajstić information content (AvgIpc) is 2.85. The largest absolute Gasteiger partial charge is 0.511 e. The quantitative estimate of drug-likeness (QED) is 0.0983. The zero-order valence-electron chi connectivity index (χ0n) is 27.6. The molecular formula is C37H47IrN2O2-. The molecular weight excluding hydrogens is 697 g/mol. The van der Waals surface area contributed by atoms with Gasteiger partial charge >= 0.3 is 0 Å². The number of allylic oxidation sites excluding steroid dienone is 2. The fourth-order valence-corrected chi connectivity index (χ4v) is 5.16. The van der Waals surface area contributed by atoms with Gasteiger partial charge in [0.05, 0.1) is 5.52 Å². The number of aromatic nitrogens is 2. The van der Waals surface area contributed by atoms with Gasteiger partial charge in [-0.1, -0.05) is 99.1 Å². The number of aliphatic hydroxyl groups excluding tert-OH is 1. The number of hydrogen-bond donors (Lipinski definition) is 1. The Hall–Kier alpha value is -2.88. The summed E-state index contributed by atoms with van der Waals surface area (Å²) in [4.78, 5) is 21.8. The first-order valence-electron chi connectivity index (χ1n) is 14.5. The maximum Gasteiger partial charge on any atom is 0.167 e. The molecule has 5 heteroatoms. The summed E-state index contributed by atoms with van der Waals surface area (Å²) < 4.78 is 0. The molecule has 0 spiro atoms. The molecule has 0 aliphatic heterocycles. The first-order valence-corrected chi connectivity index (χ1v) is 14.5. The molecule has 0 atom stereocenters. The van der Waals surface area contributed by atoms with E-state index in [0.717, 1.165) is 28.0 Å². The molecule has 0 saturated carbocycles. The van der Waals surface area contributed by atoms with Crippen molar-refractivity contribution in [1.82, 2.24) is 9.97 Å².